The van der Waals surface area contributed by atoms with E-state index in [4.69, 9.17) is 0 Å². The van der Waals surface area contributed by atoms with Gasteiger partial charge in [0.15, 0.2) is 0 Å². The quantitative estimate of drug-likeness (QED) is 0.743. The van der Waals surface area contributed by atoms with E-state index in [2.05, 4.69) is 10.6 Å². The second-order valence-corrected chi connectivity index (χ2v) is 4.90. The van der Waals surface area contributed by atoms with E-state index in [0.29, 0.717) is 11.6 Å². The number of hydrogen-bond acceptors (Lipinski definition) is 3. The van der Waals surface area contributed by atoms with Crippen molar-refractivity contribution in [3.05, 3.63) is 23.8 Å². The number of amides is 1. The molecule has 106 valence electrons. The van der Waals surface area contributed by atoms with Crippen LogP contribution in [0.3, 0.4) is 0 Å². The molecule has 1 amide bonds. The smallest absolute Gasteiger partial charge is 0.227 e. The number of aryl methyl sites for hydroxylation is 1. The molecule has 5 heteroatoms. The van der Waals surface area contributed by atoms with Gasteiger partial charge in [-0.25, -0.2) is 0 Å². The van der Waals surface area contributed by atoms with Crippen molar-refractivity contribution in [2.24, 2.45) is 11.8 Å². The summed E-state index contributed by atoms with van der Waals surface area (Å²) in [4.78, 5) is 12.0. The SMILES string of the molecule is CCc1ccc(O)c(NC(=O)C(C)C2CNC2)c1.Cl. The highest BCUT2D eigenvalue weighted by Gasteiger charge is 2.28. The largest absolute Gasteiger partial charge is 0.506 e. The van der Waals surface area contributed by atoms with Gasteiger partial charge < -0.3 is 15.7 Å². The fourth-order valence-electron chi connectivity index (χ4n) is 2.03. The van der Waals surface area contributed by atoms with Crippen LogP contribution in [0.5, 0.6) is 5.75 Å². The fourth-order valence-corrected chi connectivity index (χ4v) is 2.03. The maximum Gasteiger partial charge on any atom is 0.227 e. The highest BCUT2D eigenvalue weighted by molar-refractivity contribution is 5.94. The van der Waals surface area contributed by atoms with Crippen LogP contribution in [0, 0.1) is 11.8 Å². The first kappa shape index (κ1) is 15.8. The summed E-state index contributed by atoms with van der Waals surface area (Å²) in [5, 5.41) is 15.7. The topological polar surface area (TPSA) is 61.4 Å². The molecule has 4 nitrogen and oxygen atoms in total. The zero-order chi connectivity index (χ0) is 13.1. The van der Waals surface area contributed by atoms with Gasteiger partial charge in [0.25, 0.3) is 0 Å². The fraction of sp³-hybridized carbons (Fsp3) is 0.500. The number of hydrogen-bond donors (Lipinski definition) is 3. The predicted octanol–water partition coefficient (Wildman–Crippen LogP) is 2.17. The van der Waals surface area contributed by atoms with Crippen molar-refractivity contribution in [2.45, 2.75) is 20.3 Å². The molecule has 1 heterocycles. The third-order valence-electron chi connectivity index (χ3n) is 3.66. The van der Waals surface area contributed by atoms with Crippen LogP contribution in [0.15, 0.2) is 18.2 Å². The van der Waals surface area contributed by atoms with E-state index in [1.54, 1.807) is 6.07 Å². The van der Waals surface area contributed by atoms with E-state index < -0.39 is 0 Å². The van der Waals surface area contributed by atoms with Gasteiger partial charge in [-0.3, -0.25) is 4.79 Å². The normalized spacial score (nSPS) is 16.1. The van der Waals surface area contributed by atoms with Crippen LogP contribution in [0.25, 0.3) is 0 Å². The summed E-state index contributed by atoms with van der Waals surface area (Å²) < 4.78 is 0. The number of aromatic hydroxyl groups is 1. The lowest BCUT2D eigenvalue weighted by atomic mass is 9.88. The summed E-state index contributed by atoms with van der Waals surface area (Å²) in [6.07, 6.45) is 0.880. The van der Waals surface area contributed by atoms with Gasteiger partial charge in [0.05, 0.1) is 5.69 Å². The molecule has 3 N–H and O–H groups in total. The van der Waals surface area contributed by atoms with Gasteiger partial charge in [0, 0.05) is 5.92 Å². The molecule has 1 aliphatic heterocycles. The van der Waals surface area contributed by atoms with E-state index >= 15 is 0 Å². The lowest BCUT2D eigenvalue weighted by Gasteiger charge is -2.31. The minimum absolute atomic E-state index is 0. The average Bonchev–Trinajstić information content (AvgIpc) is 2.29. The van der Waals surface area contributed by atoms with Gasteiger partial charge in [0.2, 0.25) is 5.91 Å². The Labute approximate surface area is 120 Å². The number of benzene rings is 1. The Hall–Kier alpha value is -1.26. The molecule has 1 atom stereocenters. The van der Waals surface area contributed by atoms with Crippen LogP contribution in [0.2, 0.25) is 0 Å². The third-order valence-corrected chi connectivity index (χ3v) is 3.66. The first-order chi connectivity index (χ1) is 8.61. The number of halogens is 1. The van der Waals surface area contributed by atoms with Crippen LogP contribution < -0.4 is 10.6 Å². The molecule has 0 aliphatic carbocycles. The molecular weight excluding hydrogens is 264 g/mol. The summed E-state index contributed by atoms with van der Waals surface area (Å²) in [7, 11) is 0. The van der Waals surface area contributed by atoms with Crippen LogP contribution >= 0.6 is 12.4 Å². The molecule has 1 aromatic carbocycles. The Balaban J connectivity index is 0.00000180. The van der Waals surface area contributed by atoms with Crippen molar-refractivity contribution >= 4 is 24.0 Å². The maximum atomic E-state index is 12.0. The van der Waals surface area contributed by atoms with Crippen molar-refractivity contribution in [2.75, 3.05) is 18.4 Å². The third kappa shape index (κ3) is 3.61. The van der Waals surface area contributed by atoms with Crippen molar-refractivity contribution in [3.63, 3.8) is 0 Å². The Morgan fingerprint density at radius 2 is 2.21 bits per heavy atom. The Morgan fingerprint density at radius 1 is 1.53 bits per heavy atom. The van der Waals surface area contributed by atoms with Gasteiger partial charge in [-0.1, -0.05) is 19.9 Å². The number of carbonyl (C=O) groups is 1. The molecular formula is C14H21ClN2O2. The number of nitrogens with one attached hydrogen (secondary N) is 2. The first-order valence-corrected chi connectivity index (χ1v) is 6.45. The summed E-state index contributed by atoms with van der Waals surface area (Å²) >= 11 is 0. The molecule has 1 aliphatic rings. The molecule has 0 aromatic heterocycles. The molecule has 0 bridgehead atoms. The Kier molecular flexibility index (Phi) is 5.63. The van der Waals surface area contributed by atoms with Crippen molar-refractivity contribution in [1.82, 2.24) is 5.32 Å². The number of phenolic OH excluding ortho intramolecular Hbond substituents is 1. The Morgan fingerprint density at radius 3 is 2.74 bits per heavy atom. The highest BCUT2D eigenvalue weighted by atomic mass is 35.5. The standard InChI is InChI=1S/C14H20N2O2.ClH/c1-3-10-4-5-13(17)12(6-10)16-14(18)9(2)11-7-15-8-11;/h4-6,9,11,15,17H,3,7-8H2,1-2H3,(H,16,18);1H. The molecule has 0 radical (unpaired) electrons. The van der Waals surface area contributed by atoms with Gasteiger partial charge in [-0.2, -0.15) is 0 Å². The summed E-state index contributed by atoms with van der Waals surface area (Å²) in [5.41, 5.74) is 1.61. The van der Waals surface area contributed by atoms with Gasteiger partial charge in [0.1, 0.15) is 5.75 Å². The highest BCUT2D eigenvalue weighted by Crippen LogP contribution is 2.26. The van der Waals surface area contributed by atoms with Crippen molar-refractivity contribution in [1.29, 1.82) is 0 Å². The summed E-state index contributed by atoms with van der Waals surface area (Å²) in [6.45, 7) is 5.77. The van der Waals surface area contributed by atoms with Crippen molar-refractivity contribution < 1.29 is 9.90 Å². The predicted molar refractivity (Wildman–Crippen MR) is 78.9 cm³/mol. The summed E-state index contributed by atoms with van der Waals surface area (Å²) in [5.74, 6) is 0.474. The lowest BCUT2D eigenvalue weighted by Crippen LogP contribution is -2.48. The zero-order valence-electron chi connectivity index (χ0n) is 11.3. The van der Waals surface area contributed by atoms with E-state index in [-0.39, 0.29) is 30.0 Å². The minimum Gasteiger partial charge on any atom is -0.506 e. The van der Waals surface area contributed by atoms with E-state index in [0.717, 1.165) is 25.1 Å². The molecule has 0 saturated carbocycles. The summed E-state index contributed by atoms with van der Waals surface area (Å²) in [6, 6.07) is 5.33. The number of rotatable bonds is 4. The van der Waals surface area contributed by atoms with Crippen molar-refractivity contribution in [3.8, 4) is 5.75 Å². The first-order valence-electron chi connectivity index (χ1n) is 6.45. The second kappa shape index (κ2) is 6.78. The van der Waals surface area contributed by atoms with E-state index in [9.17, 15) is 9.90 Å². The van der Waals surface area contributed by atoms with E-state index in [1.807, 2.05) is 26.0 Å². The second-order valence-electron chi connectivity index (χ2n) is 4.90. The molecule has 1 aromatic rings. The molecule has 19 heavy (non-hydrogen) atoms. The van der Waals surface area contributed by atoms with Gasteiger partial charge >= 0.3 is 0 Å². The number of carbonyl (C=O) groups excluding carboxylic acids is 1. The number of anilines is 1. The molecule has 1 unspecified atom stereocenters. The van der Waals surface area contributed by atoms with Crippen LogP contribution in [-0.2, 0) is 11.2 Å². The molecule has 0 spiro atoms. The minimum atomic E-state index is -0.0315. The zero-order valence-corrected chi connectivity index (χ0v) is 12.1. The van der Waals surface area contributed by atoms with Gasteiger partial charge in [-0.05, 0) is 43.1 Å². The van der Waals surface area contributed by atoms with Crippen LogP contribution in [0.4, 0.5) is 5.69 Å². The molecule has 1 fully saturated rings. The number of phenols is 1. The Bertz CT molecular complexity index is 447. The monoisotopic (exact) mass is 284 g/mol. The van der Waals surface area contributed by atoms with Crippen LogP contribution in [0.1, 0.15) is 19.4 Å². The van der Waals surface area contributed by atoms with E-state index in [1.165, 1.54) is 0 Å². The maximum absolute atomic E-state index is 12.0. The lowest BCUT2D eigenvalue weighted by molar-refractivity contribution is -0.121. The van der Waals surface area contributed by atoms with Gasteiger partial charge in [-0.15, -0.1) is 12.4 Å². The molecule has 1 saturated heterocycles. The average molecular weight is 285 g/mol. The molecule has 2 rings (SSSR count). The van der Waals surface area contributed by atoms with Crippen LogP contribution in [-0.4, -0.2) is 24.1 Å².